The molecule has 0 bridgehead atoms. The Morgan fingerprint density at radius 3 is 2.68 bits per heavy atom. The van der Waals surface area contributed by atoms with Gasteiger partial charge in [-0.3, -0.25) is 9.69 Å². The molecule has 1 amide bonds. The third-order valence-electron chi connectivity index (χ3n) is 4.67. The molecule has 0 aliphatic carbocycles. The highest BCUT2D eigenvalue weighted by Gasteiger charge is 2.19. The van der Waals surface area contributed by atoms with Gasteiger partial charge in [-0.05, 0) is 73.3 Å². The van der Waals surface area contributed by atoms with Crippen molar-refractivity contribution >= 4 is 17.2 Å². The maximum absolute atomic E-state index is 12.0. The van der Waals surface area contributed by atoms with E-state index in [1.54, 1.807) is 11.3 Å². The Balaban J connectivity index is 1.31. The van der Waals surface area contributed by atoms with Gasteiger partial charge in [0.05, 0.1) is 0 Å². The fraction of sp³-hybridized carbons (Fsp3) is 0.450. The second kappa shape index (κ2) is 9.02. The number of thiophene rings is 1. The normalized spacial score (nSPS) is 15.9. The molecule has 0 unspecified atom stereocenters. The third kappa shape index (κ3) is 5.87. The topological polar surface area (TPSA) is 41.6 Å². The molecule has 0 spiro atoms. The van der Waals surface area contributed by atoms with Crippen LogP contribution >= 0.6 is 11.3 Å². The van der Waals surface area contributed by atoms with E-state index in [0.717, 1.165) is 44.8 Å². The van der Waals surface area contributed by atoms with E-state index in [1.807, 2.05) is 31.2 Å². The first-order chi connectivity index (χ1) is 12.2. The molecule has 5 heteroatoms. The van der Waals surface area contributed by atoms with Gasteiger partial charge in [-0.15, -0.1) is 0 Å². The molecule has 1 aliphatic heterocycles. The van der Waals surface area contributed by atoms with Crippen molar-refractivity contribution in [3.63, 3.8) is 0 Å². The maximum Gasteiger partial charge on any atom is 0.257 e. The lowest BCUT2D eigenvalue weighted by molar-refractivity contribution is -0.123. The van der Waals surface area contributed by atoms with Crippen molar-refractivity contribution in [1.82, 2.24) is 10.2 Å². The molecule has 0 saturated carbocycles. The third-order valence-corrected chi connectivity index (χ3v) is 5.40. The number of ether oxygens (including phenoxy) is 1. The minimum atomic E-state index is -0.0405. The Hall–Kier alpha value is -1.85. The molecule has 1 aromatic heterocycles. The number of benzene rings is 1. The summed E-state index contributed by atoms with van der Waals surface area (Å²) in [4.78, 5) is 14.5. The molecule has 134 valence electrons. The largest absolute Gasteiger partial charge is 0.484 e. The van der Waals surface area contributed by atoms with E-state index in [-0.39, 0.29) is 12.5 Å². The lowest BCUT2D eigenvalue weighted by atomic mass is 9.96. The molecule has 1 aromatic carbocycles. The molecule has 1 fully saturated rings. The predicted octanol–water partition coefficient (Wildman–Crippen LogP) is 3.46. The average Bonchev–Trinajstić information content (AvgIpc) is 3.14. The second-order valence-corrected chi connectivity index (χ2v) is 7.54. The lowest BCUT2D eigenvalue weighted by Crippen LogP contribution is -2.39. The first-order valence-electron chi connectivity index (χ1n) is 8.88. The Bertz CT molecular complexity index is 647. The molecule has 1 N–H and O–H groups in total. The van der Waals surface area contributed by atoms with Crippen LogP contribution in [0.15, 0.2) is 41.1 Å². The predicted molar refractivity (Wildman–Crippen MR) is 102 cm³/mol. The minimum absolute atomic E-state index is 0.0405. The van der Waals surface area contributed by atoms with Crippen LogP contribution in [0.1, 0.15) is 24.0 Å². The van der Waals surface area contributed by atoms with Crippen LogP contribution in [0.25, 0.3) is 0 Å². The highest BCUT2D eigenvalue weighted by atomic mass is 32.1. The minimum Gasteiger partial charge on any atom is -0.484 e. The first kappa shape index (κ1) is 18.0. The Morgan fingerprint density at radius 2 is 2.00 bits per heavy atom. The standard InChI is InChI=1S/C20H26N2O2S/c1-16-2-4-19(5-3-16)24-14-20(23)21-12-17-6-9-22(10-7-17)13-18-8-11-25-15-18/h2-5,8,11,15,17H,6-7,9-10,12-14H2,1H3,(H,21,23). The maximum atomic E-state index is 12.0. The SMILES string of the molecule is Cc1ccc(OCC(=O)NCC2CCN(Cc3ccsc3)CC2)cc1. The molecular weight excluding hydrogens is 332 g/mol. The molecule has 0 atom stereocenters. The number of carbonyl (C=O) groups is 1. The highest BCUT2D eigenvalue weighted by Crippen LogP contribution is 2.19. The van der Waals surface area contributed by atoms with Crippen molar-refractivity contribution in [2.75, 3.05) is 26.2 Å². The van der Waals surface area contributed by atoms with Crippen LogP contribution in [0.3, 0.4) is 0 Å². The Morgan fingerprint density at radius 1 is 1.24 bits per heavy atom. The Labute approximate surface area is 153 Å². The molecule has 1 saturated heterocycles. The van der Waals surface area contributed by atoms with Crippen molar-refractivity contribution in [3.8, 4) is 5.75 Å². The van der Waals surface area contributed by atoms with E-state index in [4.69, 9.17) is 4.74 Å². The van der Waals surface area contributed by atoms with Gasteiger partial charge in [0.25, 0.3) is 5.91 Å². The number of hydrogen-bond donors (Lipinski definition) is 1. The van der Waals surface area contributed by atoms with Gasteiger partial charge in [0.1, 0.15) is 5.75 Å². The summed E-state index contributed by atoms with van der Waals surface area (Å²) in [5.41, 5.74) is 2.59. The van der Waals surface area contributed by atoms with Crippen LogP contribution in [0.2, 0.25) is 0 Å². The summed E-state index contributed by atoms with van der Waals surface area (Å²) in [6.07, 6.45) is 2.28. The summed E-state index contributed by atoms with van der Waals surface area (Å²) in [6, 6.07) is 9.96. The number of nitrogens with one attached hydrogen (secondary N) is 1. The summed E-state index contributed by atoms with van der Waals surface area (Å²) in [5.74, 6) is 1.27. The van der Waals surface area contributed by atoms with Gasteiger partial charge in [0.15, 0.2) is 6.61 Å². The van der Waals surface area contributed by atoms with E-state index >= 15 is 0 Å². The number of nitrogens with zero attached hydrogens (tertiary/aromatic N) is 1. The van der Waals surface area contributed by atoms with Crippen molar-refractivity contribution in [2.24, 2.45) is 5.92 Å². The van der Waals surface area contributed by atoms with E-state index in [9.17, 15) is 4.79 Å². The van der Waals surface area contributed by atoms with Crippen LogP contribution in [0.5, 0.6) is 5.75 Å². The molecule has 2 aromatic rings. The zero-order chi connectivity index (χ0) is 17.5. The van der Waals surface area contributed by atoms with Gasteiger partial charge in [0, 0.05) is 13.1 Å². The van der Waals surface area contributed by atoms with Crippen LogP contribution < -0.4 is 10.1 Å². The summed E-state index contributed by atoms with van der Waals surface area (Å²) in [6.45, 7) is 6.13. The number of amides is 1. The van der Waals surface area contributed by atoms with E-state index in [0.29, 0.717) is 5.92 Å². The van der Waals surface area contributed by atoms with Crippen molar-refractivity contribution in [1.29, 1.82) is 0 Å². The summed E-state index contributed by atoms with van der Waals surface area (Å²) in [5, 5.41) is 7.37. The fourth-order valence-corrected chi connectivity index (χ4v) is 3.74. The summed E-state index contributed by atoms with van der Waals surface area (Å²) in [7, 11) is 0. The van der Waals surface area contributed by atoms with Crippen LogP contribution in [-0.4, -0.2) is 37.0 Å². The van der Waals surface area contributed by atoms with Crippen molar-refractivity contribution < 1.29 is 9.53 Å². The second-order valence-electron chi connectivity index (χ2n) is 6.76. The first-order valence-corrected chi connectivity index (χ1v) is 9.83. The number of aryl methyl sites for hydroxylation is 1. The zero-order valence-electron chi connectivity index (χ0n) is 14.7. The van der Waals surface area contributed by atoms with Gasteiger partial charge >= 0.3 is 0 Å². The van der Waals surface area contributed by atoms with Gasteiger partial charge in [-0.25, -0.2) is 0 Å². The Kier molecular flexibility index (Phi) is 6.48. The molecule has 25 heavy (non-hydrogen) atoms. The van der Waals surface area contributed by atoms with E-state index < -0.39 is 0 Å². The average molecular weight is 359 g/mol. The van der Waals surface area contributed by atoms with Crippen LogP contribution in [0, 0.1) is 12.8 Å². The number of carbonyl (C=O) groups excluding carboxylic acids is 1. The number of rotatable bonds is 7. The number of likely N-dealkylation sites (tertiary alicyclic amines) is 1. The molecule has 3 rings (SSSR count). The molecule has 0 radical (unpaired) electrons. The van der Waals surface area contributed by atoms with Gasteiger partial charge in [0.2, 0.25) is 0 Å². The number of piperidine rings is 1. The molecule has 1 aliphatic rings. The summed E-state index contributed by atoms with van der Waals surface area (Å²) < 4.78 is 5.52. The molecule has 4 nitrogen and oxygen atoms in total. The quantitative estimate of drug-likeness (QED) is 0.824. The van der Waals surface area contributed by atoms with E-state index in [1.165, 1.54) is 11.1 Å². The van der Waals surface area contributed by atoms with Crippen molar-refractivity contribution in [3.05, 3.63) is 52.2 Å². The highest BCUT2D eigenvalue weighted by molar-refractivity contribution is 7.07. The molecule has 2 heterocycles. The van der Waals surface area contributed by atoms with Crippen molar-refractivity contribution in [2.45, 2.75) is 26.3 Å². The fourth-order valence-electron chi connectivity index (χ4n) is 3.08. The molecular formula is C20H26N2O2S. The van der Waals surface area contributed by atoms with E-state index in [2.05, 4.69) is 27.0 Å². The van der Waals surface area contributed by atoms with Gasteiger partial charge in [-0.2, -0.15) is 11.3 Å². The lowest BCUT2D eigenvalue weighted by Gasteiger charge is -2.31. The monoisotopic (exact) mass is 358 g/mol. The van der Waals surface area contributed by atoms with Gasteiger partial charge in [-0.1, -0.05) is 17.7 Å². The van der Waals surface area contributed by atoms with Crippen LogP contribution in [-0.2, 0) is 11.3 Å². The number of hydrogen-bond acceptors (Lipinski definition) is 4. The zero-order valence-corrected chi connectivity index (χ0v) is 15.6. The summed E-state index contributed by atoms with van der Waals surface area (Å²) >= 11 is 1.76. The smallest absolute Gasteiger partial charge is 0.257 e. The van der Waals surface area contributed by atoms with Gasteiger partial charge < -0.3 is 10.1 Å². The van der Waals surface area contributed by atoms with Crippen LogP contribution in [0.4, 0.5) is 0 Å².